The van der Waals surface area contributed by atoms with Crippen LogP contribution in [0.4, 0.5) is 0 Å². The summed E-state index contributed by atoms with van der Waals surface area (Å²) >= 11 is 0. The van der Waals surface area contributed by atoms with E-state index in [1.54, 1.807) is 0 Å². The molecule has 0 amide bonds. The van der Waals surface area contributed by atoms with Gasteiger partial charge in [-0.3, -0.25) is 5.32 Å². The van der Waals surface area contributed by atoms with Gasteiger partial charge in [-0.25, -0.2) is 0 Å². The van der Waals surface area contributed by atoms with E-state index in [1.165, 1.54) is 64.2 Å². The molecule has 0 aromatic rings. The van der Waals surface area contributed by atoms with Gasteiger partial charge in [0.1, 0.15) is 5.72 Å². The molecule has 1 heterocycles. The molecule has 2 aliphatic carbocycles. The van der Waals surface area contributed by atoms with E-state index in [0.29, 0.717) is 5.54 Å². The van der Waals surface area contributed by atoms with E-state index in [-0.39, 0.29) is 5.72 Å². The molecule has 0 bridgehead atoms. The van der Waals surface area contributed by atoms with E-state index in [4.69, 9.17) is 4.74 Å². The van der Waals surface area contributed by atoms with Crippen LogP contribution >= 0.6 is 0 Å². The molecule has 0 aromatic carbocycles. The zero-order valence-electron chi connectivity index (χ0n) is 9.69. The molecule has 0 unspecified atom stereocenters. The largest absolute Gasteiger partial charge is 0.361 e. The average Bonchev–Trinajstić information content (AvgIpc) is 2.67. The van der Waals surface area contributed by atoms with Gasteiger partial charge in [0.25, 0.3) is 0 Å². The first-order chi connectivity index (χ1) is 7.33. The SMILES string of the molecule is C1CCC2(CC1)CCOC1(CCCC1)N2. The standard InChI is InChI=1S/C13H23NO/c1-2-6-12(7-3-1)10-11-15-13(14-12)8-4-5-9-13/h14H,1-11H2. The van der Waals surface area contributed by atoms with Crippen LogP contribution in [0.5, 0.6) is 0 Å². The average molecular weight is 209 g/mol. The van der Waals surface area contributed by atoms with Crippen molar-refractivity contribution in [3.8, 4) is 0 Å². The van der Waals surface area contributed by atoms with Gasteiger partial charge in [0.05, 0.1) is 6.61 Å². The third-order valence-corrected chi connectivity index (χ3v) is 4.67. The van der Waals surface area contributed by atoms with Crippen LogP contribution in [0.25, 0.3) is 0 Å². The van der Waals surface area contributed by atoms with Crippen LogP contribution in [-0.4, -0.2) is 17.9 Å². The summed E-state index contributed by atoms with van der Waals surface area (Å²) in [6.45, 7) is 0.993. The fourth-order valence-electron chi connectivity index (χ4n) is 3.84. The quantitative estimate of drug-likeness (QED) is 0.662. The molecule has 1 saturated heterocycles. The highest BCUT2D eigenvalue weighted by molar-refractivity contribution is 5.00. The zero-order chi connectivity index (χ0) is 10.2. The van der Waals surface area contributed by atoms with E-state index >= 15 is 0 Å². The maximum atomic E-state index is 6.04. The molecule has 2 heteroatoms. The Morgan fingerprint density at radius 3 is 2.13 bits per heavy atom. The van der Waals surface area contributed by atoms with Crippen LogP contribution in [0.2, 0.25) is 0 Å². The van der Waals surface area contributed by atoms with Crippen LogP contribution in [0.3, 0.4) is 0 Å². The number of rotatable bonds is 0. The lowest BCUT2D eigenvalue weighted by molar-refractivity contribution is -0.135. The molecular formula is C13H23NO. The molecule has 15 heavy (non-hydrogen) atoms. The van der Waals surface area contributed by atoms with Gasteiger partial charge in [0, 0.05) is 5.54 Å². The lowest BCUT2D eigenvalue weighted by Crippen LogP contribution is -2.63. The van der Waals surface area contributed by atoms with Gasteiger partial charge >= 0.3 is 0 Å². The third-order valence-electron chi connectivity index (χ3n) is 4.67. The van der Waals surface area contributed by atoms with Crippen molar-refractivity contribution in [1.82, 2.24) is 5.32 Å². The number of hydrogen-bond acceptors (Lipinski definition) is 2. The summed E-state index contributed by atoms with van der Waals surface area (Å²) in [5, 5.41) is 3.92. The van der Waals surface area contributed by atoms with Crippen molar-refractivity contribution in [3.05, 3.63) is 0 Å². The van der Waals surface area contributed by atoms with E-state index in [2.05, 4.69) is 5.32 Å². The van der Waals surface area contributed by atoms with Gasteiger partial charge in [0.15, 0.2) is 0 Å². The van der Waals surface area contributed by atoms with Gasteiger partial charge in [-0.05, 0) is 44.9 Å². The molecule has 3 rings (SSSR count). The number of hydrogen-bond donors (Lipinski definition) is 1. The topological polar surface area (TPSA) is 21.3 Å². The Morgan fingerprint density at radius 1 is 0.733 bits per heavy atom. The van der Waals surface area contributed by atoms with E-state index < -0.39 is 0 Å². The summed E-state index contributed by atoms with van der Waals surface area (Å²) in [6, 6.07) is 0. The molecule has 0 aromatic heterocycles. The normalized spacial score (nSPS) is 33.6. The Hall–Kier alpha value is -0.0800. The van der Waals surface area contributed by atoms with Crippen molar-refractivity contribution in [2.45, 2.75) is 75.5 Å². The Bertz CT molecular complexity index is 221. The van der Waals surface area contributed by atoms with E-state index in [9.17, 15) is 0 Å². The van der Waals surface area contributed by atoms with Crippen molar-refractivity contribution in [3.63, 3.8) is 0 Å². The van der Waals surface area contributed by atoms with E-state index in [0.717, 1.165) is 6.61 Å². The highest BCUT2D eigenvalue weighted by Gasteiger charge is 2.46. The minimum Gasteiger partial charge on any atom is -0.361 e. The predicted molar refractivity (Wildman–Crippen MR) is 60.7 cm³/mol. The summed E-state index contributed by atoms with van der Waals surface area (Å²) < 4.78 is 6.04. The minimum atomic E-state index is 0.0928. The van der Waals surface area contributed by atoms with Crippen LogP contribution in [0.15, 0.2) is 0 Å². The number of ether oxygens (including phenoxy) is 1. The van der Waals surface area contributed by atoms with Crippen molar-refractivity contribution >= 4 is 0 Å². The fraction of sp³-hybridized carbons (Fsp3) is 1.00. The van der Waals surface area contributed by atoms with Crippen LogP contribution in [0.1, 0.15) is 64.2 Å². The second-order valence-corrected chi connectivity index (χ2v) is 5.77. The summed E-state index contributed by atoms with van der Waals surface area (Å²) in [7, 11) is 0. The molecule has 1 aliphatic heterocycles. The van der Waals surface area contributed by atoms with Gasteiger partial charge in [-0.2, -0.15) is 0 Å². The molecule has 2 spiro atoms. The number of nitrogens with one attached hydrogen (secondary N) is 1. The maximum absolute atomic E-state index is 6.04. The van der Waals surface area contributed by atoms with Crippen molar-refractivity contribution in [1.29, 1.82) is 0 Å². The van der Waals surface area contributed by atoms with Gasteiger partial charge in [-0.15, -0.1) is 0 Å². The lowest BCUT2D eigenvalue weighted by Gasteiger charge is -2.50. The molecule has 1 N–H and O–H groups in total. The monoisotopic (exact) mass is 209 g/mol. The zero-order valence-corrected chi connectivity index (χ0v) is 9.69. The smallest absolute Gasteiger partial charge is 0.119 e. The van der Waals surface area contributed by atoms with Crippen molar-refractivity contribution in [2.75, 3.05) is 6.61 Å². The third kappa shape index (κ3) is 1.83. The first-order valence-electron chi connectivity index (χ1n) is 6.76. The van der Waals surface area contributed by atoms with Crippen LogP contribution < -0.4 is 5.32 Å². The molecule has 3 fully saturated rings. The second kappa shape index (κ2) is 3.74. The first-order valence-corrected chi connectivity index (χ1v) is 6.76. The molecule has 2 saturated carbocycles. The van der Waals surface area contributed by atoms with Crippen molar-refractivity contribution < 1.29 is 4.74 Å². The van der Waals surface area contributed by atoms with Gasteiger partial charge in [0.2, 0.25) is 0 Å². The maximum Gasteiger partial charge on any atom is 0.119 e. The lowest BCUT2D eigenvalue weighted by atomic mass is 9.77. The highest BCUT2D eigenvalue weighted by atomic mass is 16.5. The molecule has 86 valence electrons. The van der Waals surface area contributed by atoms with Crippen LogP contribution in [-0.2, 0) is 4.74 Å². The van der Waals surface area contributed by atoms with E-state index in [1.807, 2.05) is 0 Å². The summed E-state index contributed by atoms with van der Waals surface area (Å²) in [5.41, 5.74) is 0.552. The Labute approximate surface area is 92.8 Å². The Balaban J connectivity index is 1.74. The molecular weight excluding hydrogens is 186 g/mol. The summed E-state index contributed by atoms with van der Waals surface area (Å²) in [4.78, 5) is 0. The van der Waals surface area contributed by atoms with Crippen molar-refractivity contribution in [2.24, 2.45) is 0 Å². The molecule has 2 nitrogen and oxygen atoms in total. The highest BCUT2D eigenvalue weighted by Crippen LogP contribution is 2.41. The van der Waals surface area contributed by atoms with Gasteiger partial charge < -0.3 is 4.74 Å². The Kier molecular flexibility index (Phi) is 2.52. The Morgan fingerprint density at radius 2 is 1.40 bits per heavy atom. The van der Waals surface area contributed by atoms with Gasteiger partial charge in [-0.1, -0.05) is 19.3 Å². The summed E-state index contributed by atoms with van der Waals surface area (Å²) in [6.07, 6.45) is 13.5. The fourth-order valence-corrected chi connectivity index (χ4v) is 3.84. The predicted octanol–water partition coefficient (Wildman–Crippen LogP) is 2.97. The molecule has 0 radical (unpaired) electrons. The minimum absolute atomic E-state index is 0.0928. The molecule has 3 aliphatic rings. The second-order valence-electron chi connectivity index (χ2n) is 5.77. The van der Waals surface area contributed by atoms with Crippen LogP contribution in [0, 0.1) is 0 Å². The summed E-state index contributed by atoms with van der Waals surface area (Å²) in [5.74, 6) is 0. The first kappa shape index (κ1) is 10.1. The molecule has 0 atom stereocenters.